The predicted octanol–water partition coefficient (Wildman–Crippen LogP) is 3.20. The molecule has 2 rings (SSSR count). The number of carboxylic acids is 1. The molecule has 1 aromatic carbocycles. The standard InChI is InChI=1S/C12H11ClN2O3/c1-7(8-3-2-4-9(13)5-8)14-12-15-10(6-18-12)11(16)17/h2-7H,1H3,(H,14,15)(H,16,17). The number of aromatic nitrogens is 1. The van der Waals surface area contributed by atoms with Crippen molar-refractivity contribution >= 4 is 23.6 Å². The Morgan fingerprint density at radius 1 is 1.56 bits per heavy atom. The normalized spacial score (nSPS) is 12.1. The number of carbonyl (C=O) groups is 1. The summed E-state index contributed by atoms with van der Waals surface area (Å²) in [5.41, 5.74) is 0.827. The second-order valence-corrected chi connectivity index (χ2v) is 4.20. The van der Waals surface area contributed by atoms with Crippen molar-refractivity contribution in [1.82, 2.24) is 4.98 Å². The number of rotatable bonds is 4. The Bertz CT molecular complexity index is 568. The van der Waals surface area contributed by atoms with Crippen molar-refractivity contribution in [3.05, 3.63) is 46.8 Å². The number of hydrogen-bond donors (Lipinski definition) is 2. The van der Waals surface area contributed by atoms with Crippen LogP contribution in [0.3, 0.4) is 0 Å². The van der Waals surface area contributed by atoms with Crippen LogP contribution in [0.2, 0.25) is 5.02 Å². The molecule has 1 heterocycles. The van der Waals surface area contributed by atoms with Gasteiger partial charge in [-0.15, -0.1) is 0 Å². The molecular formula is C12H11ClN2O3. The van der Waals surface area contributed by atoms with E-state index < -0.39 is 5.97 Å². The smallest absolute Gasteiger partial charge is 0.357 e. The van der Waals surface area contributed by atoms with Crippen LogP contribution in [0.15, 0.2) is 34.9 Å². The summed E-state index contributed by atoms with van der Waals surface area (Å²) in [5.74, 6) is -1.12. The van der Waals surface area contributed by atoms with Gasteiger partial charge in [-0.25, -0.2) is 4.79 Å². The lowest BCUT2D eigenvalue weighted by molar-refractivity contribution is 0.0690. The van der Waals surface area contributed by atoms with E-state index in [2.05, 4.69) is 10.3 Å². The molecule has 2 N–H and O–H groups in total. The summed E-state index contributed by atoms with van der Waals surface area (Å²) < 4.78 is 5.01. The van der Waals surface area contributed by atoms with Crippen molar-refractivity contribution in [3.8, 4) is 0 Å². The molecule has 2 aromatic rings. The van der Waals surface area contributed by atoms with Crippen LogP contribution < -0.4 is 5.32 Å². The monoisotopic (exact) mass is 266 g/mol. The van der Waals surface area contributed by atoms with E-state index in [4.69, 9.17) is 21.1 Å². The fourth-order valence-electron chi connectivity index (χ4n) is 1.48. The van der Waals surface area contributed by atoms with Crippen molar-refractivity contribution < 1.29 is 14.3 Å². The van der Waals surface area contributed by atoms with Crippen molar-refractivity contribution in [2.75, 3.05) is 5.32 Å². The molecule has 0 fully saturated rings. The molecule has 0 saturated carbocycles. The Hall–Kier alpha value is -2.01. The van der Waals surface area contributed by atoms with E-state index in [1.165, 1.54) is 0 Å². The SMILES string of the molecule is CC(Nc1nc(C(=O)O)co1)c1cccc(Cl)c1. The van der Waals surface area contributed by atoms with Crippen LogP contribution in [0.4, 0.5) is 6.01 Å². The van der Waals surface area contributed by atoms with E-state index >= 15 is 0 Å². The van der Waals surface area contributed by atoms with Crippen LogP contribution in [0, 0.1) is 0 Å². The van der Waals surface area contributed by atoms with Gasteiger partial charge in [0.15, 0.2) is 5.69 Å². The number of oxazole rings is 1. The minimum Gasteiger partial charge on any atom is -0.476 e. The van der Waals surface area contributed by atoms with Crippen LogP contribution in [-0.4, -0.2) is 16.1 Å². The van der Waals surface area contributed by atoms with Crippen molar-refractivity contribution in [3.63, 3.8) is 0 Å². The number of aromatic carboxylic acids is 1. The van der Waals surface area contributed by atoms with Gasteiger partial charge in [-0.3, -0.25) is 0 Å². The van der Waals surface area contributed by atoms with E-state index in [1.807, 2.05) is 25.1 Å². The first-order chi connectivity index (χ1) is 8.56. The molecule has 5 nitrogen and oxygen atoms in total. The lowest BCUT2D eigenvalue weighted by Gasteiger charge is -2.12. The van der Waals surface area contributed by atoms with Crippen LogP contribution in [-0.2, 0) is 0 Å². The van der Waals surface area contributed by atoms with Gasteiger partial charge in [0.25, 0.3) is 6.01 Å². The third kappa shape index (κ3) is 2.81. The van der Waals surface area contributed by atoms with E-state index in [0.29, 0.717) is 5.02 Å². The van der Waals surface area contributed by atoms with E-state index in [-0.39, 0.29) is 17.8 Å². The topological polar surface area (TPSA) is 75.4 Å². The van der Waals surface area contributed by atoms with Gasteiger partial charge < -0.3 is 14.8 Å². The molecule has 0 bridgehead atoms. The first-order valence-electron chi connectivity index (χ1n) is 5.27. The number of halogens is 1. The molecule has 0 aliphatic heterocycles. The van der Waals surface area contributed by atoms with Gasteiger partial charge in [0.05, 0.1) is 6.04 Å². The summed E-state index contributed by atoms with van der Waals surface area (Å²) in [6.07, 6.45) is 1.09. The zero-order valence-corrected chi connectivity index (χ0v) is 10.3. The van der Waals surface area contributed by atoms with Gasteiger partial charge in [-0.2, -0.15) is 4.98 Å². The van der Waals surface area contributed by atoms with E-state index in [0.717, 1.165) is 11.8 Å². The molecule has 0 saturated heterocycles. The van der Waals surface area contributed by atoms with Crippen molar-refractivity contribution in [1.29, 1.82) is 0 Å². The Labute approximate surface area is 108 Å². The third-order valence-electron chi connectivity index (χ3n) is 2.41. The van der Waals surface area contributed by atoms with Crippen LogP contribution >= 0.6 is 11.6 Å². The summed E-state index contributed by atoms with van der Waals surface area (Å²) in [7, 11) is 0. The largest absolute Gasteiger partial charge is 0.476 e. The second kappa shape index (κ2) is 5.10. The first-order valence-corrected chi connectivity index (χ1v) is 5.65. The van der Waals surface area contributed by atoms with Gasteiger partial charge in [0.2, 0.25) is 0 Å². The quantitative estimate of drug-likeness (QED) is 0.889. The molecule has 0 spiro atoms. The molecule has 6 heteroatoms. The zero-order chi connectivity index (χ0) is 13.1. The zero-order valence-electron chi connectivity index (χ0n) is 9.55. The molecular weight excluding hydrogens is 256 g/mol. The number of nitrogens with one attached hydrogen (secondary N) is 1. The first kappa shape index (κ1) is 12.4. The van der Waals surface area contributed by atoms with E-state index in [1.54, 1.807) is 6.07 Å². The summed E-state index contributed by atoms with van der Waals surface area (Å²) >= 11 is 5.89. The van der Waals surface area contributed by atoms with Gasteiger partial charge in [-0.1, -0.05) is 23.7 Å². The predicted molar refractivity (Wildman–Crippen MR) is 67.0 cm³/mol. The Balaban J connectivity index is 2.11. The Morgan fingerprint density at radius 2 is 2.33 bits per heavy atom. The molecule has 18 heavy (non-hydrogen) atoms. The molecule has 0 aliphatic rings. The highest BCUT2D eigenvalue weighted by molar-refractivity contribution is 6.30. The van der Waals surface area contributed by atoms with Crippen LogP contribution in [0.1, 0.15) is 29.0 Å². The fourth-order valence-corrected chi connectivity index (χ4v) is 1.68. The minimum absolute atomic E-state index is 0.0935. The number of hydrogen-bond acceptors (Lipinski definition) is 4. The van der Waals surface area contributed by atoms with Crippen molar-refractivity contribution in [2.24, 2.45) is 0 Å². The lowest BCUT2D eigenvalue weighted by Crippen LogP contribution is -2.07. The van der Waals surface area contributed by atoms with Crippen molar-refractivity contribution in [2.45, 2.75) is 13.0 Å². The van der Waals surface area contributed by atoms with Gasteiger partial charge in [0, 0.05) is 5.02 Å². The molecule has 0 amide bonds. The van der Waals surface area contributed by atoms with E-state index in [9.17, 15) is 4.79 Å². The molecule has 0 radical (unpaired) electrons. The van der Waals surface area contributed by atoms with Crippen LogP contribution in [0.25, 0.3) is 0 Å². The summed E-state index contributed by atoms with van der Waals surface area (Å²) in [6.45, 7) is 1.90. The minimum atomic E-state index is -1.12. The number of anilines is 1. The second-order valence-electron chi connectivity index (χ2n) is 3.76. The molecule has 1 atom stereocenters. The average molecular weight is 267 g/mol. The van der Waals surface area contributed by atoms with Crippen LogP contribution in [0.5, 0.6) is 0 Å². The summed E-state index contributed by atoms with van der Waals surface area (Å²) in [6, 6.07) is 7.42. The molecule has 1 aromatic heterocycles. The maximum atomic E-state index is 10.6. The highest BCUT2D eigenvalue weighted by Gasteiger charge is 2.13. The number of carboxylic acid groups (broad SMARTS) is 1. The molecule has 94 valence electrons. The number of nitrogens with zero attached hydrogens (tertiary/aromatic N) is 1. The summed E-state index contributed by atoms with van der Waals surface area (Å²) in [5, 5.41) is 12.3. The van der Waals surface area contributed by atoms with Gasteiger partial charge >= 0.3 is 5.97 Å². The molecule has 0 aliphatic carbocycles. The number of benzene rings is 1. The van der Waals surface area contributed by atoms with Gasteiger partial charge in [-0.05, 0) is 24.6 Å². The highest BCUT2D eigenvalue weighted by Crippen LogP contribution is 2.21. The highest BCUT2D eigenvalue weighted by atomic mass is 35.5. The average Bonchev–Trinajstić information content (AvgIpc) is 2.77. The lowest BCUT2D eigenvalue weighted by atomic mass is 10.1. The third-order valence-corrected chi connectivity index (χ3v) is 2.65. The molecule has 1 unspecified atom stereocenters. The Morgan fingerprint density at radius 3 is 2.94 bits per heavy atom. The summed E-state index contributed by atoms with van der Waals surface area (Å²) in [4.78, 5) is 14.4. The fraction of sp³-hybridized carbons (Fsp3) is 0.167. The maximum absolute atomic E-state index is 10.6. The Kier molecular flexibility index (Phi) is 3.53. The maximum Gasteiger partial charge on any atom is 0.357 e. The van der Waals surface area contributed by atoms with Gasteiger partial charge in [0.1, 0.15) is 6.26 Å².